The van der Waals surface area contributed by atoms with E-state index in [1.807, 2.05) is 26.8 Å². The van der Waals surface area contributed by atoms with Crippen LogP contribution >= 0.6 is 11.8 Å². The minimum absolute atomic E-state index is 0.0372. The molecule has 3 N–H and O–H groups in total. The first kappa shape index (κ1) is 14.6. The number of rotatable bonds is 3. The molecular formula is C14H17N3O2S. The summed E-state index contributed by atoms with van der Waals surface area (Å²) in [6.45, 7) is 6.07. The topological polar surface area (TPSA) is 89.1 Å². The first-order chi connectivity index (χ1) is 9.27. The number of hydrogen-bond donors (Lipinski definition) is 2. The maximum Gasteiger partial charge on any atom is 0.313 e. The molecule has 0 saturated carbocycles. The fourth-order valence-corrected chi connectivity index (χ4v) is 2.42. The summed E-state index contributed by atoms with van der Waals surface area (Å²) in [6.07, 6.45) is 0. The largest absolute Gasteiger partial charge is 0.481 e. The highest BCUT2D eigenvalue weighted by Crippen LogP contribution is 2.30. The summed E-state index contributed by atoms with van der Waals surface area (Å²) in [5.74, 6) is -0.213. The van der Waals surface area contributed by atoms with Crippen LogP contribution in [0.1, 0.15) is 26.6 Å². The van der Waals surface area contributed by atoms with Gasteiger partial charge in [-0.1, -0.05) is 32.5 Å². The molecule has 1 heterocycles. The molecule has 2 aromatic rings. The standard InChI is InChI=1S/C14H17N3O2S/c1-14(2,3)13-16-10-5-4-8(15)6-9(10)12(17-13)20-7-11(18)19/h4-6H,7,15H2,1-3H3,(H,18,19). The molecule has 106 valence electrons. The fraction of sp³-hybridized carbons (Fsp3) is 0.357. The van der Waals surface area contributed by atoms with Crippen molar-refractivity contribution >= 4 is 34.3 Å². The predicted molar refractivity (Wildman–Crippen MR) is 81.0 cm³/mol. The van der Waals surface area contributed by atoms with Crippen molar-refractivity contribution in [2.24, 2.45) is 0 Å². The van der Waals surface area contributed by atoms with Gasteiger partial charge in [0.15, 0.2) is 0 Å². The van der Waals surface area contributed by atoms with Gasteiger partial charge >= 0.3 is 5.97 Å². The number of nitrogens with zero attached hydrogens (tertiary/aromatic N) is 2. The van der Waals surface area contributed by atoms with Crippen molar-refractivity contribution in [3.63, 3.8) is 0 Å². The Balaban J connectivity index is 2.60. The highest BCUT2D eigenvalue weighted by Gasteiger charge is 2.20. The van der Waals surface area contributed by atoms with Crippen molar-refractivity contribution in [1.29, 1.82) is 0 Å². The number of benzene rings is 1. The minimum atomic E-state index is -0.872. The van der Waals surface area contributed by atoms with Gasteiger partial charge in [0, 0.05) is 16.5 Å². The minimum Gasteiger partial charge on any atom is -0.481 e. The SMILES string of the molecule is CC(C)(C)c1nc(SCC(=O)O)c2cc(N)ccc2n1. The van der Waals surface area contributed by atoms with Gasteiger partial charge in [0.05, 0.1) is 11.3 Å². The van der Waals surface area contributed by atoms with Crippen LogP contribution in [0.15, 0.2) is 23.2 Å². The molecule has 0 amide bonds. The summed E-state index contributed by atoms with van der Waals surface area (Å²) in [7, 11) is 0. The normalized spacial score (nSPS) is 11.8. The van der Waals surface area contributed by atoms with E-state index in [4.69, 9.17) is 10.8 Å². The van der Waals surface area contributed by atoms with E-state index in [1.54, 1.807) is 12.1 Å². The van der Waals surface area contributed by atoms with Crippen LogP contribution in [-0.4, -0.2) is 26.8 Å². The molecule has 0 spiro atoms. The van der Waals surface area contributed by atoms with E-state index in [1.165, 1.54) is 11.8 Å². The van der Waals surface area contributed by atoms with Gasteiger partial charge in [-0.05, 0) is 18.2 Å². The molecule has 0 bridgehead atoms. The van der Waals surface area contributed by atoms with E-state index >= 15 is 0 Å². The molecule has 1 aromatic heterocycles. The Labute approximate surface area is 121 Å². The van der Waals surface area contributed by atoms with E-state index in [9.17, 15) is 4.79 Å². The number of carbonyl (C=O) groups is 1. The van der Waals surface area contributed by atoms with E-state index < -0.39 is 5.97 Å². The molecule has 20 heavy (non-hydrogen) atoms. The van der Waals surface area contributed by atoms with Gasteiger partial charge in [0.2, 0.25) is 0 Å². The Morgan fingerprint density at radius 1 is 1.35 bits per heavy atom. The fourth-order valence-electron chi connectivity index (χ4n) is 1.69. The number of carboxylic acids is 1. The first-order valence-electron chi connectivity index (χ1n) is 6.20. The molecule has 0 atom stereocenters. The number of hydrogen-bond acceptors (Lipinski definition) is 5. The average Bonchev–Trinajstić information content (AvgIpc) is 2.34. The highest BCUT2D eigenvalue weighted by atomic mass is 32.2. The summed E-state index contributed by atoms with van der Waals surface area (Å²) in [6, 6.07) is 5.41. The molecule has 0 aliphatic rings. The van der Waals surface area contributed by atoms with Gasteiger partial charge in [-0.3, -0.25) is 4.79 Å². The molecule has 0 unspecified atom stereocenters. The van der Waals surface area contributed by atoms with Crippen molar-refractivity contribution in [3.8, 4) is 0 Å². The number of anilines is 1. The summed E-state index contributed by atoms with van der Waals surface area (Å²) >= 11 is 1.19. The van der Waals surface area contributed by atoms with Crippen molar-refractivity contribution in [2.75, 3.05) is 11.5 Å². The third kappa shape index (κ3) is 3.19. The lowest BCUT2D eigenvalue weighted by Gasteiger charge is -2.18. The summed E-state index contributed by atoms with van der Waals surface area (Å²) in [4.78, 5) is 19.8. The lowest BCUT2D eigenvalue weighted by molar-refractivity contribution is -0.133. The van der Waals surface area contributed by atoms with Crippen molar-refractivity contribution < 1.29 is 9.90 Å². The lowest BCUT2D eigenvalue weighted by Crippen LogP contribution is -2.16. The number of nitrogens with two attached hydrogens (primary N) is 1. The van der Waals surface area contributed by atoms with E-state index in [2.05, 4.69) is 9.97 Å². The van der Waals surface area contributed by atoms with Crippen LogP contribution in [0.2, 0.25) is 0 Å². The number of fused-ring (bicyclic) bond motifs is 1. The quantitative estimate of drug-likeness (QED) is 0.513. The monoisotopic (exact) mass is 291 g/mol. The van der Waals surface area contributed by atoms with Crippen LogP contribution in [0.3, 0.4) is 0 Å². The van der Waals surface area contributed by atoms with E-state index in [-0.39, 0.29) is 11.2 Å². The van der Waals surface area contributed by atoms with Crippen LogP contribution in [0.4, 0.5) is 5.69 Å². The predicted octanol–water partition coefficient (Wildman–Crippen LogP) is 2.69. The highest BCUT2D eigenvalue weighted by molar-refractivity contribution is 8.00. The second-order valence-electron chi connectivity index (χ2n) is 5.56. The summed E-state index contributed by atoms with van der Waals surface area (Å²) in [5.41, 5.74) is 6.99. The van der Waals surface area contributed by atoms with E-state index in [0.29, 0.717) is 16.5 Å². The van der Waals surface area contributed by atoms with Gasteiger partial charge in [0.25, 0.3) is 0 Å². The van der Waals surface area contributed by atoms with Crippen LogP contribution in [0.5, 0.6) is 0 Å². The Hall–Kier alpha value is -1.82. The zero-order valence-electron chi connectivity index (χ0n) is 11.7. The van der Waals surface area contributed by atoms with Crippen molar-refractivity contribution in [1.82, 2.24) is 9.97 Å². The van der Waals surface area contributed by atoms with Gasteiger partial charge in [-0.2, -0.15) is 0 Å². The van der Waals surface area contributed by atoms with Crippen LogP contribution in [0, 0.1) is 0 Å². The van der Waals surface area contributed by atoms with Crippen LogP contribution in [-0.2, 0) is 10.2 Å². The average molecular weight is 291 g/mol. The number of aromatic nitrogens is 2. The maximum absolute atomic E-state index is 10.8. The number of carboxylic acid groups (broad SMARTS) is 1. The van der Waals surface area contributed by atoms with Gasteiger partial charge in [-0.15, -0.1) is 0 Å². The molecule has 1 aromatic carbocycles. The number of nitrogen functional groups attached to an aromatic ring is 1. The third-order valence-corrected chi connectivity index (χ3v) is 3.66. The second kappa shape index (κ2) is 5.28. The Morgan fingerprint density at radius 3 is 2.65 bits per heavy atom. The third-order valence-electron chi connectivity index (χ3n) is 2.69. The van der Waals surface area contributed by atoms with Gasteiger partial charge in [-0.25, -0.2) is 9.97 Å². The van der Waals surface area contributed by atoms with E-state index in [0.717, 1.165) is 10.9 Å². The van der Waals surface area contributed by atoms with Crippen molar-refractivity contribution in [2.45, 2.75) is 31.2 Å². The molecule has 6 heteroatoms. The van der Waals surface area contributed by atoms with Gasteiger partial charge < -0.3 is 10.8 Å². The van der Waals surface area contributed by atoms with Crippen LogP contribution < -0.4 is 5.73 Å². The molecule has 0 saturated heterocycles. The molecular weight excluding hydrogens is 274 g/mol. The molecule has 0 fully saturated rings. The second-order valence-corrected chi connectivity index (χ2v) is 6.53. The number of aliphatic carboxylic acids is 1. The molecule has 5 nitrogen and oxygen atoms in total. The molecule has 0 aliphatic carbocycles. The lowest BCUT2D eigenvalue weighted by atomic mass is 9.95. The smallest absolute Gasteiger partial charge is 0.313 e. The molecule has 0 aliphatic heterocycles. The maximum atomic E-state index is 10.8. The Kier molecular flexibility index (Phi) is 3.85. The summed E-state index contributed by atoms with van der Waals surface area (Å²) < 4.78 is 0. The zero-order valence-corrected chi connectivity index (χ0v) is 12.5. The van der Waals surface area contributed by atoms with Gasteiger partial charge in [0.1, 0.15) is 10.9 Å². The first-order valence-corrected chi connectivity index (χ1v) is 7.18. The zero-order chi connectivity index (χ0) is 14.9. The van der Waals surface area contributed by atoms with Crippen LogP contribution in [0.25, 0.3) is 10.9 Å². The molecule has 2 rings (SSSR count). The Bertz CT molecular complexity index is 665. The number of thioether (sulfide) groups is 1. The molecule has 0 radical (unpaired) electrons. The summed E-state index contributed by atoms with van der Waals surface area (Å²) in [5, 5.41) is 10.3. The Morgan fingerprint density at radius 2 is 2.05 bits per heavy atom. The van der Waals surface area contributed by atoms with Crippen molar-refractivity contribution in [3.05, 3.63) is 24.0 Å².